The number of esters is 1. The summed E-state index contributed by atoms with van der Waals surface area (Å²) in [7, 11) is 0. The Labute approximate surface area is 139 Å². The van der Waals surface area contributed by atoms with Gasteiger partial charge in [-0.15, -0.1) is 0 Å². The van der Waals surface area contributed by atoms with E-state index in [4.69, 9.17) is 16.3 Å². The van der Waals surface area contributed by atoms with Crippen LogP contribution in [0.1, 0.15) is 17.4 Å². The largest absolute Gasteiger partial charge is 0.461 e. The summed E-state index contributed by atoms with van der Waals surface area (Å²) in [6.07, 6.45) is 0. The summed E-state index contributed by atoms with van der Waals surface area (Å²) < 4.78 is 5.17. The Balaban J connectivity index is 2.10. The number of aromatic amines is 1. The van der Waals surface area contributed by atoms with Gasteiger partial charge in [-0.1, -0.05) is 54.1 Å². The van der Waals surface area contributed by atoms with Gasteiger partial charge in [-0.25, -0.2) is 4.79 Å². The van der Waals surface area contributed by atoms with E-state index in [0.717, 1.165) is 22.4 Å². The van der Waals surface area contributed by atoms with Gasteiger partial charge in [-0.3, -0.25) is 0 Å². The van der Waals surface area contributed by atoms with Gasteiger partial charge in [0.1, 0.15) is 5.69 Å². The highest BCUT2D eigenvalue weighted by atomic mass is 35.5. The minimum atomic E-state index is -0.361. The van der Waals surface area contributed by atoms with Crippen molar-refractivity contribution in [3.8, 4) is 22.4 Å². The van der Waals surface area contributed by atoms with Crippen molar-refractivity contribution in [2.24, 2.45) is 0 Å². The fraction of sp³-hybridized carbons (Fsp3) is 0.105. The summed E-state index contributed by atoms with van der Waals surface area (Å²) in [6, 6.07) is 19.2. The zero-order chi connectivity index (χ0) is 16.2. The molecular weight excluding hydrogens is 310 g/mol. The number of ether oxygens (including phenoxy) is 1. The van der Waals surface area contributed by atoms with Crippen LogP contribution >= 0.6 is 11.6 Å². The lowest BCUT2D eigenvalue weighted by atomic mass is 10.0. The van der Waals surface area contributed by atoms with E-state index in [2.05, 4.69) is 4.98 Å². The zero-order valence-electron chi connectivity index (χ0n) is 12.7. The Morgan fingerprint density at radius 3 is 2.39 bits per heavy atom. The number of hydrogen-bond donors (Lipinski definition) is 1. The van der Waals surface area contributed by atoms with Crippen molar-refractivity contribution in [1.82, 2.24) is 4.98 Å². The van der Waals surface area contributed by atoms with Crippen molar-refractivity contribution < 1.29 is 9.53 Å². The Hall–Kier alpha value is -2.52. The van der Waals surface area contributed by atoms with Crippen LogP contribution in [-0.4, -0.2) is 17.6 Å². The van der Waals surface area contributed by atoms with E-state index in [-0.39, 0.29) is 5.97 Å². The summed E-state index contributed by atoms with van der Waals surface area (Å²) in [4.78, 5) is 15.5. The normalized spacial score (nSPS) is 10.5. The minimum Gasteiger partial charge on any atom is -0.461 e. The fourth-order valence-corrected chi connectivity index (χ4v) is 2.58. The molecule has 1 N–H and O–H groups in total. The summed E-state index contributed by atoms with van der Waals surface area (Å²) in [6.45, 7) is 2.12. The van der Waals surface area contributed by atoms with Gasteiger partial charge in [0.05, 0.1) is 6.61 Å². The number of H-pyrrole nitrogens is 1. The number of rotatable bonds is 4. The smallest absolute Gasteiger partial charge is 0.355 e. The molecule has 0 radical (unpaired) electrons. The van der Waals surface area contributed by atoms with Crippen molar-refractivity contribution in [2.75, 3.05) is 6.61 Å². The standard InChI is InChI=1S/C19H16ClNO2/c1-2-23-19(22)18-16(13-8-10-15(20)11-9-13)12-17(21-18)14-6-4-3-5-7-14/h3-12,21H,2H2,1H3. The Kier molecular flexibility index (Phi) is 4.49. The molecule has 0 aliphatic rings. The van der Waals surface area contributed by atoms with Gasteiger partial charge in [-0.05, 0) is 36.2 Å². The van der Waals surface area contributed by atoms with E-state index in [9.17, 15) is 4.79 Å². The topological polar surface area (TPSA) is 42.1 Å². The van der Waals surface area contributed by atoms with Crippen LogP contribution in [0, 0.1) is 0 Å². The first kappa shape index (κ1) is 15.4. The van der Waals surface area contributed by atoms with Crippen molar-refractivity contribution in [3.63, 3.8) is 0 Å². The number of carbonyl (C=O) groups excluding carboxylic acids is 1. The quantitative estimate of drug-likeness (QED) is 0.672. The van der Waals surface area contributed by atoms with Crippen LogP contribution in [0.4, 0.5) is 0 Å². The number of halogens is 1. The average molecular weight is 326 g/mol. The van der Waals surface area contributed by atoms with Gasteiger partial charge in [-0.2, -0.15) is 0 Å². The highest BCUT2D eigenvalue weighted by Crippen LogP contribution is 2.31. The number of nitrogens with one attached hydrogen (secondary N) is 1. The molecule has 1 aromatic heterocycles. The fourth-order valence-electron chi connectivity index (χ4n) is 2.45. The highest BCUT2D eigenvalue weighted by Gasteiger charge is 2.18. The van der Waals surface area contributed by atoms with Gasteiger partial charge in [0.15, 0.2) is 0 Å². The first-order chi connectivity index (χ1) is 11.2. The predicted molar refractivity (Wildman–Crippen MR) is 92.6 cm³/mol. The molecule has 0 aliphatic heterocycles. The molecule has 0 bridgehead atoms. The molecule has 0 aliphatic carbocycles. The average Bonchev–Trinajstić information content (AvgIpc) is 3.02. The van der Waals surface area contributed by atoms with Crippen LogP contribution < -0.4 is 0 Å². The summed E-state index contributed by atoms with van der Waals surface area (Å²) >= 11 is 5.95. The maximum Gasteiger partial charge on any atom is 0.355 e. The zero-order valence-corrected chi connectivity index (χ0v) is 13.4. The predicted octanol–water partition coefficient (Wildman–Crippen LogP) is 5.18. The van der Waals surface area contributed by atoms with Crippen molar-refractivity contribution in [2.45, 2.75) is 6.92 Å². The Morgan fingerprint density at radius 2 is 1.74 bits per heavy atom. The number of benzene rings is 2. The first-order valence-corrected chi connectivity index (χ1v) is 7.78. The molecule has 0 fully saturated rings. The molecule has 0 atom stereocenters. The van der Waals surface area contributed by atoms with Gasteiger partial charge in [0.25, 0.3) is 0 Å². The maximum atomic E-state index is 12.3. The van der Waals surface area contributed by atoms with E-state index in [1.54, 1.807) is 19.1 Å². The number of carbonyl (C=O) groups is 1. The minimum absolute atomic E-state index is 0.332. The second kappa shape index (κ2) is 6.71. The van der Waals surface area contributed by atoms with Crippen LogP contribution in [0.3, 0.4) is 0 Å². The molecule has 3 nitrogen and oxygen atoms in total. The lowest BCUT2D eigenvalue weighted by molar-refractivity contribution is 0.0521. The van der Waals surface area contributed by atoms with Gasteiger partial charge < -0.3 is 9.72 Å². The molecule has 1 heterocycles. The van der Waals surface area contributed by atoms with E-state index < -0.39 is 0 Å². The van der Waals surface area contributed by atoms with Crippen molar-refractivity contribution in [3.05, 3.63) is 71.4 Å². The molecule has 0 saturated heterocycles. The van der Waals surface area contributed by atoms with Crippen molar-refractivity contribution >= 4 is 17.6 Å². The monoisotopic (exact) mass is 325 g/mol. The molecule has 0 saturated carbocycles. The second-order valence-corrected chi connectivity index (χ2v) is 5.50. The molecule has 0 amide bonds. The molecule has 2 aromatic carbocycles. The third kappa shape index (κ3) is 3.30. The van der Waals surface area contributed by atoms with Crippen LogP contribution in [0.25, 0.3) is 22.4 Å². The summed E-state index contributed by atoms with van der Waals surface area (Å²) in [5, 5.41) is 0.658. The van der Waals surface area contributed by atoms with Crippen molar-refractivity contribution in [1.29, 1.82) is 0 Å². The second-order valence-electron chi connectivity index (χ2n) is 5.07. The molecule has 3 aromatic rings. The number of aromatic nitrogens is 1. The number of hydrogen-bond acceptors (Lipinski definition) is 2. The lowest BCUT2D eigenvalue weighted by Gasteiger charge is -2.04. The summed E-state index contributed by atoms with van der Waals surface area (Å²) in [5.74, 6) is -0.361. The Morgan fingerprint density at radius 1 is 1.04 bits per heavy atom. The third-order valence-corrected chi connectivity index (χ3v) is 3.79. The van der Waals surface area contributed by atoms with E-state index in [1.807, 2.05) is 48.5 Å². The molecule has 116 valence electrons. The van der Waals surface area contributed by atoms with Gasteiger partial charge in [0, 0.05) is 16.3 Å². The SMILES string of the molecule is CCOC(=O)c1[nH]c(-c2ccccc2)cc1-c1ccc(Cl)cc1. The highest BCUT2D eigenvalue weighted by molar-refractivity contribution is 6.30. The molecule has 0 spiro atoms. The van der Waals surface area contributed by atoms with E-state index >= 15 is 0 Å². The van der Waals surface area contributed by atoms with Crippen LogP contribution in [0.15, 0.2) is 60.7 Å². The van der Waals surface area contributed by atoms with Gasteiger partial charge >= 0.3 is 5.97 Å². The molecule has 0 unspecified atom stereocenters. The van der Waals surface area contributed by atoms with E-state index in [0.29, 0.717) is 17.3 Å². The molecule has 3 rings (SSSR count). The third-order valence-electron chi connectivity index (χ3n) is 3.54. The maximum absolute atomic E-state index is 12.3. The molecule has 23 heavy (non-hydrogen) atoms. The van der Waals surface area contributed by atoms with Crippen LogP contribution in [0.2, 0.25) is 5.02 Å². The lowest BCUT2D eigenvalue weighted by Crippen LogP contribution is -2.06. The molecule has 4 heteroatoms. The van der Waals surface area contributed by atoms with Gasteiger partial charge in [0.2, 0.25) is 0 Å². The van der Waals surface area contributed by atoms with Crippen LogP contribution in [-0.2, 0) is 4.74 Å². The molecular formula is C19H16ClNO2. The summed E-state index contributed by atoms with van der Waals surface area (Å²) in [5.41, 5.74) is 4.06. The van der Waals surface area contributed by atoms with E-state index in [1.165, 1.54) is 0 Å². The Bertz CT molecular complexity index is 807. The first-order valence-electron chi connectivity index (χ1n) is 7.40. The van der Waals surface area contributed by atoms with Crippen LogP contribution in [0.5, 0.6) is 0 Å².